The molecule has 3 nitrogen and oxygen atoms in total. The van der Waals surface area contributed by atoms with Gasteiger partial charge in [-0.15, -0.1) is 6.58 Å². The summed E-state index contributed by atoms with van der Waals surface area (Å²) in [5, 5.41) is 26.3. The van der Waals surface area contributed by atoms with Gasteiger partial charge in [-0.05, 0) is 24.7 Å². The van der Waals surface area contributed by atoms with Gasteiger partial charge in [0, 0.05) is 19.8 Å². The average Bonchev–Trinajstić information content (AvgIpc) is 2.06. The highest BCUT2D eigenvalue weighted by Gasteiger charge is 2.24. The maximum Gasteiger partial charge on any atom is 0.0439 e. The van der Waals surface area contributed by atoms with Crippen molar-refractivity contribution in [1.29, 1.82) is 0 Å². The molecule has 0 saturated carbocycles. The van der Waals surface area contributed by atoms with Crippen LogP contribution in [0.2, 0.25) is 0 Å². The fourth-order valence-corrected chi connectivity index (χ4v) is 1.35. The molecule has 0 amide bonds. The quantitative estimate of drug-likeness (QED) is 0.487. The van der Waals surface area contributed by atoms with Crippen LogP contribution in [-0.2, 0) is 0 Å². The zero-order valence-corrected chi connectivity index (χ0v) is 7.37. The van der Waals surface area contributed by atoms with Crippen LogP contribution in [0.25, 0.3) is 0 Å². The summed E-state index contributed by atoms with van der Waals surface area (Å²) in [6.45, 7) is 3.84. The summed E-state index contributed by atoms with van der Waals surface area (Å²) in [4.78, 5) is 0. The van der Waals surface area contributed by atoms with E-state index in [4.69, 9.17) is 15.3 Å². The van der Waals surface area contributed by atoms with Crippen molar-refractivity contribution in [1.82, 2.24) is 0 Å². The van der Waals surface area contributed by atoms with E-state index >= 15 is 0 Å². The van der Waals surface area contributed by atoms with Gasteiger partial charge in [0.1, 0.15) is 0 Å². The van der Waals surface area contributed by atoms with Gasteiger partial charge in [-0.25, -0.2) is 0 Å². The third-order valence-electron chi connectivity index (χ3n) is 2.26. The zero-order valence-electron chi connectivity index (χ0n) is 7.37. The predicted molar refractivity (Wildman–Crippen MR) is 47.7 cm³/mol. The largest absolute Gasteiger partial charge is 0.396 e. The van der Waals surface area contributed by atoms with Crippen LogP contribution in [0.4, 0.5) is 0 Å². The van der Waals surface area contributed by atoms with Crippen molar-refractivity contribution in [2.45, 2.75) is 19.3 Å². The average molecular weight is 174 g/mol. The minimum absolute atomic E-state index is 0.0615. The molecule has 0 aromatic carbocycles. The van der Waals surface area contributed by atoms with Crippen LogP contribution < -0.4 is 0 Å². The van der Waals surface area contributed by atoms with E-state index < -0.39 is 0 Å². The van der Waals surface area contributed by atoms with Crippen molar-refractivity contribution < 1.29 is 15.3 Å². The van der Waals surface area contributed by atoms with Gasteiger partial charge < -0.3 is 15.3 Å². The standard InChI is InChI=1S/C9H18O3/c1-2-9(3-6-10,4-7-11)5-8-12/h2,10-12H,1,3-8H2. The minimum atomic E-state index is -0.293. The molecule has 0 bridgehead atoms. The highest BCUT2D eigenvalue weighted by atomic mass is 16.3. The van der Waals surface area contributed by atoms with Gasteiger partial charge in [0.15, 0.2) is 0 Å². The molecule has 0 aromatic rings. The lowest BCUT2D eigenvalue weighted by molar-refractivity contribution is 0.137. The number of aliphatic hydroxyl groups excluding tert-OH is 3. The first-order chi connectivity index (χ1) is 5.74. The molecule has 12 heavy (non-hydrogen) atoms. The van der Waals surface area contributed by atoms with Crippen molar-refractivity contribution in [3.05, 3.63) is 12.7 Å². The van der Waals surface area contributed by atoms with Crippen molar-refractivity contribution >= 4 is 0 Å². The number of rotatable bonds is 7. The van der Waals surface area contributed by atoms with E-state index in [1.54, 1.807) is 6.08 Å². The molecule has 0 atom stereocenters. The Balaban J connectivity index is 4.16. The van der Waals surface area contributed by atoms with Crippen LogP contribution in [0.1, 0.15) is 19.3 Å². The third kappa shape index (κ3) is 3.34. The molecule has 0 aromatic heterocycles. The first-order valence-electron chi connectivity index (χ1n) is 4.21. The molecule has 0 saturated heterocycles. The van der Waals surface area contributed by atoms with Crippen molar-refractivity contribution in [3.63, 3.8) is 0 Å². The summed E-state index contributed by atoms with van der Waals surface area (Å²) in [6, 6.07) is 0. The van der Waals surface area contributed by atoms with Gasteiger partial charge in [0.05, 0.1) is 0 Å². The Kier molecular flexibility index (Phi) is 5.98. The van der Waals surface area contributed by atoms with Gasteiger partial charge in [0.2, 0.25) is 0 Å². The number of hydrogen-bond donors (Lipinski definition) is 3. The molecular weight excluding hydrogens is 156 g/mol. The summed E-state index contributed by atoms with van der Waals surface area (Å²) in [5.41, 5.74) is -0.293. The van der Waals surface area contributed by atoms with Crippen LogP contribution in [0, 0.1) is 5.41 Å². The Labute approximate surface area is 73.4 Å². The molecule has 0 heterocycles. The second-order valence-electron chi connectivity index (χ2n) is 2.99. The van der Waals surface area contributed by atoms with E-state index in [0.717, 1.165) is 0 Å². The Bertz CT molecular complexity index is 106. The molecular formula is C9H18O3. The molecule has 0 rings (SSSR count). The van der Waals surface area contributed by atoms with Crippen LogP contribution in [0.5, 0.6) is 0 Å². The van der Waals surface area contributed by atoms with Gasteiger partial charge in [0.25, 0.3) is 0 Å². The van der Waals surface area contributed by atoms with Gasteiger partial charge >= 0.3 is 0 Å². The summed E-state index contributed by atoms with van der Waals surface area (Å²) >= 11 is 0. The normalized spacial score (nSPS) is 11.6. The van der Waals surface area contributed by atoms with Gasteiger partial charge in [-0.2, -0.15) is 0 Å². The highest BCUT2D eigenvalue weighted by Crippen LogP contribution is 2.31. The first kappa shape index (κ1) is 11.6. The van der Waals surface area contributed by atoms with Crippen LogP contribution in [-0.4, -0.2) is 35.1 Å². The molecule has 0 radical (unpaired) electrons. The molecule has 72 valence electrons. The Morgan fingerprint density at radius 2 is 1.25 bits per heavy atom. The lowest BCUT2D eigenvalue weighted by Crippen LogP contribution is -2.22. The summed E-state index contributed by atoms with van der Waals surface area (Å²) < 4.78 is 0. The predicted octanol–water partition coefficient (Wildman–Crippen LogP) is 0.306. The number of aliphatic hydroxyl groups is 3. The maximum absolute atomic E-state index is 8.78. The summed E-state index contributed by atoms with van der Waals surface area (Å²) in [5.74, 6) is 0. The van der Waals surface area contributed by atoms with E-state index in [9.17, 15) is 0 Å². The first-order valence-corrected chi connectivity index (χ1v) is 4.21. The molecule has 0 fully saturated rings. The lowest BCUT2D eigenvalue weighted by atomic mass is 9.79. The van der Waals surface area contributed by atoms with Crippen LogP contribution in [0.15, 0.2) is 12.7 Å². The highest BCUT2D eigenvalue weighted by molar-refractivity contribution is 4.94. The van der Waals surface area contributed by atoms with E-state index in [-0.39, 0.29) is 25.2 Å². The van der Waals surface area contributed by atoms with E-state index in [1.807, 2.05) is 0 Å². The second kappa shape index (κ2) is 6.17. The van der Waals surface area contributed by atoms with Gasteiger partial charge in [-0.1, -0.05) is 6.08 Å². The topological polar surface area (TPSA) is 60.7 Å². The van der Waals surface area contributed by atoms with Crippen LogP contribution in [0.3, 0.4) is 0 Å². The lowest BCUT2D eigenvalue weighted by Gasteiger charge is -2.28. The fourth-order valence-electron chi connectivity index (χ4n) is 1.35. The summed E-state index contributed by atoms with van der Waals surface area (Å²) in [7, 11) is 0. The monoisotopic (exact) mass is 174 g/mol. The molecule has 0 spiro atoms. The third-order valence-corrected chi connectivity index (χ3v) is 2.26. The SMILES string of the molecule is C=CC(CCO)(CCO)CCO. The maximum atomic E-state index is 8.78. The fraction of sp³-hybridized carbons (Fsp3) is 0.778. The second-order valence-corrected chi connectivity index (χ2v) is 2.99. The molecule has 0 aliphatic rings. The smallest absolute Gasteiger partial charge is 0.0439 e. The van der Waals surface area contributed by atoms with E-state index in [1.165, 1.54) is 0 Å². The van der Waals surface area contributed by atoms with Crippen LogP contribution >= 0.6 is 0 Å². The molecule has 0 unspecified atom stereocenters. The summed E-state index contributed by atoms with van der Waals surface area (Å²) in [6.07, 6.45) is 3.38. The number of allylic oxidation sites excluding steroid dienone is 1. The minimum Gasteiger partial charge on any atom is -0.396 e. The van der Waals surface area contributed by atoms with E-state index in [0.29, 0.717) is 19.3 Å². The molecule has 0 aliphatic carbocycles. The molecule has 3 N–H and O–H groups in total. The van der Waals surface area contributed by atoms with Crippen molar-refractivity contribution in [3.8, 4) is 0 Å². The van der Waals surface area contributed by atoms with Crippen molar-refractivity contribution in [2.75, 3.05) is 19.8 Å². The Morgan fingerprint density at radius 3 is 1.42 bits per heavy atom. The molecule has 0 aliphatic heterocycles. The Hall–Kier alpha value is -0.380. The van der Waals surface area contributed by atoms with Gasteiger partial charge in [-0.3, -0.25) is 0 Å². The molecule has 3 heteroatoms. The van der Waals surface area contributed by atoms with E-state index in [2.05, 4.69) is 6.58 Å². The zero-order chi connectivity index (χ0) is 9.45. The van der Waals surface area contributed by atoms with Crippen molar-refractivity contribution in [2.24, 2.45) is 5.41 Å². The Morgan fingerprint density at radius 1 is 0.917 bits per heavy atom. The number of hydrogen-bond acceptors (Lipinski definition) is 3.